The average molecular weight is 143 g/mol. The Kier molecular flexibility index (Phi) is 4.54. The van der Waals surface area contributed by atoms with Crippen LogP contribution in [0.3, 0.4) is 0 Å². The molecule has 0 aliphatic heterocycles. The fourth-order valence-corrected chi connectivity index (χ4v) is 0.563. The maximum absolute atomic E-state index is 10.2. The highest BCUT2D eigenvalue weighted by Crippen LogP contribution is 1.90. The molecule has 0 unspecified atom stereocenters. The van der Waals surface area contributed by atoms with Crippen LogP contribution in [0.5, 0.6) is 0 Å². The Bertz CT molecular complexity index is 132. The third kappa shape index (κ3) is 5.28. The number of esters is 1. The number of hydrogen-bond donors (Lipinski definition) is 1. The van der Waals surface area contributed by atoms with E-state index in [4.69, 9.17) is 5.41 Å². The molecule has 10 heavy (non-hydrogen) atoms. The molecule has 0 heterocycles. The van der Waals surface area contributed by atoms with Crippen LogP contribution in [0.15, 0.2) is 0 Å². The summed E-state index contributed by atoms with van der Waals surface area (Å²) >= 11 is 0. The second-order valence-corrected chi connectivity index (χ2v) is 2.13. The van der Waals surface area contributed by atoms with Gasteiger partial charge in [-0.2, -0.15) is 0 Å². The summed E-state index contributed by atoms with van der Waals surface area (Å²) in [6.07, 6.45) is 1.65. The van der Waals surface area contributed by atoms with Gasteiger partial charge in [-0.1, -0.05) is 13.3 Å². The third-order valence-electron chi connectivity index (χ3n) is 1.00. The first kappa shape index (κ1) is 9.14. The number of ether oxygens (including phenoxy) is 1. The number of nitrogens with one attached hydrogen (secondary N) is 1. The summed E-state index contributed by atoms with van der Waals surface area (Å²) in [5.74, 6) is -0.319. The van der Waals surface area contributed by atoms with Gasteiger partial charge in [0.1, 0.15) is 6.61 Å². The molecule has 0 aliphatic rings. The van der Waals surface area contributed by atoms with E-state index in [2.05, 4.69) is 4.74 Å². The molecule has 3 nitrogen and oxygen atoms in total. The van der Waals surface area contributed by atoms with Gasteiger partial charge in [-0.3, -0.25) is 4.79 Å². The van der Waals surface area contributed by atoms with Gasteiger partial charge < -0.3 is 10.1 Å². The van der Waals surface area contributed by atoms with Gasteiger partial charge in [0.05, 0.1) is 0 Å². The van der Waals surface area contributed by atoms with E-state index in [1.807, 2.05) is 6.92 Å². The summed E-state index contributed by atoms with van der Waals surface area (Å²) in [5.41, 5.74) is 0.484. The highest BCUT2D eigenvalue weighted by molar-refractivity contribution is 5.84. The van der Waals surface area contributed by atoms with Crippen molar-refractivity contribution in [3.8, 4) is 0 Å². The van der Waals surface area contributed by atoms with E-state index < -0.39 is 0 Å². The van der Waals surface area contributed by atoms with E-state index >= 15 is 0 Å². The highest BCUT2D eigenvalue weighted by Gasteiger charge is 1.96. The van der Waals surface area contributed by atoms with Crippen molar-refractivity contribution in [2.45, 2.75) is 26.7 Å². The molecule has 0 spiro atoms. The molecule has 0 amide bonds. The minimum absolute atomic E-state index is 0.156. The molecule has 0 aromatic rings. The molecule has 0 saturated carbocycles. The summed E-state index contributed by atoms with van der Waals surface area (Å²) in [7, 11) is 0. The monoisotopic (exact) mass is 143 g/mol. The second-order valence-electron chi connectivity index (χ2n) is 2.13. The van der Waals surface area contributed by atoms with Crippen LogP contribution < -0.4 is 0 Å². The maximum atomic E-state index is 10.2. The minimum Gasteiger partial charge on any atom is -0.460 e. The Morgan fingerprint density at radius 2 is 2.20 bits per heavy atom. The van der Waals surface area contributed by atoms with Crippen LogP contribution in [-0.2, 0) is 9.53 Å². The lowest BCUT2D eigenvalue weighted by atomic mass is 10.2. The standard InChI is InChI=1S/C7H13NO2/c1-3-4-7(8)5-10-6(2)9/h8H,3-5H2,1-2H3. The first-order chi connectivity index (χ1) is 4.66. The van der Waals surface area contributed by atoms with Crippen molar-refractivity contribution in [2.75, 3.05) is 6.61 Å². The van der Waals surface area contributed by atoms with Gasteiger partial charge in [-0.25, -0.2) is 0 Å². The van der Waals surface area contributed by atoms with Crippen LogP contribution in [0.25, 0.3) is 0 Å². The van der Waals surface area contributed by atoms with Gasteiger partial charge in [-0.15, -0.1) is 0 Å². The van der Waals surface area contributed by atoms with Crippen molar-refractivity contribution in [1.29, 1.82) is 5.41 Å². The molecule has 0 atom stereocenters. The Morgan fingerprint density at radius 3 is 2.60 bits per heavy atom. The van der Waals surface area contributed by atoms with Crippen LogP contribution in [0.2, 0.25) is 0 Å². The largest absolute Gasteiger partial charge is 0.460 e. The molecule has 0 rings (SSSR count). The molecule has 58 valence electrons. The summed E-state index contributed by atoms with van der Waals surface area (Å²) in [6.45, 7) is 3.49. The van der Waals surface area contributed by atoms with Crippen LogP contribution in [-0.4, -0.2) is 18.3 Å². The smallest absolute Gasteiger partial charge is 0.303 e. The zero-order chi connectivity index (χ0) is 7.98. The predicted octanol–water partition coefficient (Wildman–Crippen LogP) is 1.37. The van der Waals surface area contributed by atoms with E-state index in [0.29, 0.717) is 12.1 Å². The fourth-order valence-electron chi connectivity index (χ4n) is 0.563. The van der Waals surface area contributed by atoms with Crippen LogP contribution >= 0.6 is 0 Å². The minimum atomic E-state index is -0.319. The third-order valence-corrected chi connectivity index (χ3v) is 1.00. The van der Waals surface area contributed by atoms with Gasteiger partial charge in [0.2, 0.25) is 0 Å². The maximum Gasteiger partial charge on any atom is 0.303 e. The van der Waals surface area contributed by atoms with E-state index in [1.54, 1.807) is 0 Å². The highest BCUT2D eigenvalue weighted by atomic mass is 16.5. The van der Waals surface area contributed by atoms with Gasteiger partial charge in [0, 0.05) is 12.6 Å². The molecule has 0 aromatic heterocycles. The predicted molar refractivity (Wildman–Crippen MR) is 39.3 cm³/mol. The van der Waals surface area contributed by atoms with E-state index in [-0.39, 0.29) is 12.6 Å². The molecule has 0 fully saturated rings. The zero-order valence-electron chi connectivity index (χ0n) is 6.44. The first-order valence-electron chi connectivity index (χ1n) is 3.36. The summed E-state index contributed by atoms with van der Waals surface area (Å²) in [4.78, 5) is 10.2. The average Bonchev–Trinajstić information content (AvgIpc) is 1.85. The molecule has 1 N–H and O–H groups in total. The molecular weight excluding hydrogens is 130 g/mol. The number of hydrogen-bond acceptors (Lipinski definition) is 3. The Hall–Kier alpha value is -0.860. The van der Waals surface area contributed by atoms with Crippen LogP contribution in [0, 0.1) is 5.41 Å². The van der Waals surface area contributed by atoms with Crippen LogP contribution in [0.1, 0.15) is 26.7 Å². The zero-order valence-corrected chi connectivity index (χ0v) is 6.44. The van der Waals surface area contributed by atoms with Crippen molar-refractivity contribution in [1.82, 2.24) is 0 Å². The van der Waals surface area contributed by atoms with Crippen molar-refractivity contribution < 1.29 is 9.53 Å². The SMILES string of the molecule is CCCC(=N)COC(C)=O. The summed E-state index contributed by atoms with van der Waals surface area (Å²) < 4.78 is 4.59. The molecular formula is C7H13NO2. The number of carbonyl (C=O) groups is 1. The van der Waals surface area contributed by atoms with E-state index in [0.717, 1.165) is 6.42 Å². The first-order valence-corrected chi connectivity index (χ1v) is 3.36. The fraction of sp³-hybridized carbons (Fsp3) is 0.714. The molecule has 0 bridgehead atoms. The van der Waals surface area contributed by atoms with Crippen molar-refractivity contribution in [3.63, 3.8) is 0 Å². The lowest BCUT2D eigenvalue weighted by Gasteiger charge is -2.00. The topological polar surface area (TPSA) is 50.1 Å². The van der Waals surface area contributed by atoms with Gasteiger partial charge in [0.25, 0.3) is 0 Å². The van der Waals surface area contributed by atoms with Crippen molar-refractivity contribution >= 4 is 11.7 Å². The van der Waals surface area contributed by atoms with Crippen molar-refractivity contribution in [3.05, 3.63) is 0 Å². The second kappa shape index (κ2) is 4.97. The van der Waals surface area contributed by atoms with E-state index in [1.165, 1.54) is 6.92 Å². The quantitative estimate of drug-likeness (QED) is 0.477. The molecule has 3 heteroatoms. The number of rotatable bonds is 4. The Morgan fingerprint density at radius 1 is 1.60 bits per heavy atom. The van der Waals surface area contributed by atoms with E-state index in [9.17, 15) is 4.79 Å². The number of carbonyl (C=O) groups excluding carboxylic acids is 1. The van der Waals surface area contributed by atoms with Gasteiger partial charge in [0.15, 0.2) is 0 Å². The van der Waals surface area contributed by atoms with Crippen LogP contribution in [0.4, 0.5) is 0 Å². The lowest BCUT2D eigenvalue weighted by molar-refractivity contribution is -0.139. The Balaban J connectivity index is 3.30. The summed E-state index contributed by atoms with van der Waals surface area (Å²) in [5, 5.41) is 7.20. The van der Waals surface area contributed by atoms with Crippen molar-refractivity contribution in [2.24, 2.45) is 0 Å². The van der Waals surface area contributed by atoms with Gasteiger partial charge in [-0.05, 0) is 6.42 Å². The normalized spacial score (nSPS) is 9.00. The molecule has 0 aliphatic carbocycles. The summed E-state index contributed by atoms with van der Waals surface area (Å²) in [6, 6.07) is 0. The molecule has 0 aromatic carbocycles. The Labute approximate surface area is 60.9 Å². The van der Waals surface area contributed by atoms with Gasteiger partial charge >= 0.3 is 5.97 Å². The lowest BCUT2D eigenvalue weighted by Crippen LogP contribution is -2.09. The molecule has 0 radical (unpaired) electrons. The molecule has 0 saturated heterocycles.